The second-order valence-electron chi connectivity index (χ2n) is 2.98. The molecule has 0 radical (unpaired) electrons. The highest BCUT2D eigenvalue weighted by molar-refractivity contribution is 9.10. The van der Waals surface area contributed by atoms with Crippen LogP contribution in [0.25, 0.3) is 0 Å². The van der Waals surface area contributed by atoms with Gasteiger partial charge < -0.3 is 10.4 Å². The molecule has 0 amide bonds. The Morgan fingerprint density at radius 2 is 2.14 bits per heavy atom. The lowest BCUT2D eigenvalue weighted by atomic mass is 10.3. The molecule has 4 heteroatoms. The summed E-state index contributed by atoms with van der Waals surface area (Å²) in [5.41, 5.74) is 0.938. The second-order valence-corrected chi connectivity index (χ2v) is 4.30. The molecule has 2 nitrogen and oxygen atoms in total. The Bertz CT molecular complexity index is 293. The van der Waals surface area contributed by atoms with Crippen LogP contribution in [-0.2, 0) is 0 Å². The van der Waals surface area contributed by atoms with Gasteiger partial charge in [0.2, 0.25) is 0 Å². The first-order valence-corrected chi connectivity index (χ1v) is 5.71. The van der Waals surface area contributed by atoms with Gasteiger partial charge in [-0.15, -0.1) is 0 Å². The minimum atomic E-state index is 0.246. The summed E-state index contributed by atoms with van der Waals surface area (Å²) in [6.07, 6.45) is 1.77. The Balaban J connectivity index is 2.42. The Morgan fingerprint density at radius 3 is 2.79 bits per heavy atom. The van der Waals surface area contributed by atoms with E-state index < -0.39 is 0 Å². The van der Waals surface area contributed by atoms with Crippen LogP contribution in [0, 0.1) is 0 Å². The van der Waals surface area contributed by atoms with Crippen LogP contribution >= 0.6 is 27.5 Å². The molecule has 0 unspecified atom stereocenters. The summed E-state index contributed by atoms with van der Waals surface area (Å²) in [5, 5.41) is 12.5. The Hall–Kier alpha value is -0.250. The van der Waals surface area contributed by atoms with Crippen LogP contribution in [0.2, 0.25) is 5.02 Å². The SMILES string of the molecule is OCCCCNc1ccc(Br)cc1Cl. The molecule has 78 valence electrons. The van der Waals surface area contributed by atoms with Crippen LogP contribution in [0.3, 0.4) is 0 Å². The molecule has 0 spiro atoms. The zero-order valence-electron chi connectivity index (χ0n) is 7.76. The molecule has 0 saturated heterocycles. The maximum Gasteiger partial charge on any atom is 0.0648 e. The van der Waals surface area contributed by atoms with Gasteiger partial charge in [-0.05, 0) is 31.0 Å². The molecule has 0 aliphatic carbocycles. The highest BCUT2D eigenvalue weighted by atomic mass is 79.9. The number of hydrogen-bond donors (Lipinski definition) is 2. The van der Waals surface area contributed by atoms with Crippen molar-refractivity contribution < 1.29 is 5.11 Å². The molecule has 1 rings (SSSR count). The fraction of sp³-hybridized carbons (Fsp3) is 0.400. The van der Waals surface area contributed by atoms with Crippen molar-refractivity contribution in [3.8, 4) is 0 Å². The van der Waals surface area contributed by atoms with Crippen molar-refractivity contribution in [3.05, 3.63) is 27.7 Å². The summed E-state index contributed by atoms with van der Waals surface area (Å²) in [6, 6.07) is 5.74. The predicted octanol–water partition coefficient (Wildman–Crippen LogP) is 3.29. The van der Waals surface area contributed by atoms with E-state index in [4.69, 9.17) is 16.7 Å². The number of halogens is 2. The number of aliphatic hydroxyl groups excluding tert-OH is 1. The number of unbranched alkanes of at least 4 members (excludes halogenated alkanes) is 1. The molecule has 0 heterocycles. The highest BCUT2D eigenvalue weighted by Gasteiger charge is 1.99. The zero-order chi connectivity index (χ0) is 10.4. The Labute approximate surface area is 97.4 Å². The van der Waals surface area contributed by atoms with Crippen LogP contribution in [0.5, 0.6) is 0 Å². The van der Waals surface area contributed by atoms with Gasteiger partial charge in [0.25, 0.3) is 0 Å². The van der Waals surface area contributed by atoms with E-state index in [1.807, 2.05) is 18.2 Å². The quantitative estimate of drug-likeness (QED) is 0.810. The van der Waals surface area contributed by atoms with Gasteiger partial charge in [-0.3, -0.25) is 0 Å². The molecular weight excluding hydrogens is 265 g/mol. The van der Waals surface area contributed by atoms with Crippen LogP contribution in [-0.4, -0.2) is 18.3 Å². The van der Waals surface area contributed by atoms with E-state index in [0.717, 1.165) is 29.5 Å². The molecule has 2 N–H and O–H groups in total. The van der Waals surface area contributed by atoms with Crippen molar-refractivity contribution in [1.82, 2.24) is 0 Å². The van der Waals surface area contributed by atoms with Gasteiger partial charge in [0, 0.05) is 17.6 Å². The third-order valence-electron chi connectivity index (χ3n) is 1.83. The first kappa shape index (κ1) is 11.8. The Kier molecular flexibility index (Phi) is 5.30. The van der Waals surface area contributed by atoms with E-state index >= 15 is 0 Å². The van der Waals surface area contributed by atoms with E-state index in [1.54, 1.807) is 0 Å². The van der Waals surface area contributed by atoms with Gasteiger partial charge in [0.15, 0.2) is 0 Å². The van der Waals surface area contributed by atoms with Crippen LogP contribution < -0.4 is 5.32 Å². The fourth-order valence-corrected chi connectivity index (χ4v) is 1.83. The van der Waals surface area contributed by atoms with Crippen LogP contribution in [0.4, 0.5) is 5.69 Å². The lowest BCUT2D eigenvalue weighted by Gasteiger charge is -2.07. The smallest absolute Gasteiger partial charge is 0.0648 e. The zero-order valence-corrected chi connectivity index (χ0v) is 10.1. The molecule has 0 aromatic heterocycles. The maximum atomic E-state index is 8.59. The third-order valence-corrected chi connectivity index (χ3v) is 2.64. The number of benzene rings is 1. The molecule has 0 atom stereocenters. The van der Waals surface area contributed by atoms with Crippen molar-refractivity contribution in [2.45, 2.75) is 12.8 Å². The average Bonchev–Trinajstić information content (AvgIpc) is 2.15. The maximum absolute atomic E-state index is 8.59. The van der Waals surface area contributed by atoms with Crippen LogP contribution in [0.1, 0.15) is 12.8 Å². The van der Waals surface area contributed by atoms with Crippen molar-refractivity contribution in [2.24, 2.45) is 0 Å². The van der Waals surface area contributed by atoms with E-state index in [2.05, 4.69) is 21.2 Å². The summed E-state index contributed by atoms with van der Waals surface area (Å²) in [7, 11) is 0. The number of nitrogens with one attached hydrogen (secondary N) is 1. The predicted molar refractivity (Wildman–Crippen MR) is 64.0 cm³/mol. The molecular formula is C10H13BrClNO. The first-order valence-electron chi connectivity index (χ1n) is 4.54. The highest BCUT2D eigenvalue weighted by Crippen LogP contribution is 2.25. The molecule has 0 aliphatic rings. The first-order chi connectivity index (χ1) is 6.74. The summed E-state index contributed by atoms with van der Waals surface area (Å²) in [6.45, 7) is 1.08. The number of anilines is 1. The second kappa shape index (κ2) is 6.27. The molecule has 0 fully saturated rings. The monoisotopic (exact) mass is 277 g/mol. The minimum absolute atomic E-state index is 0.246. The van der Waals surface area contributed by atoms with Gasteiger partial charge in [-0.2, -0.15) is 0 Å². The number of aliphatic hydroxyl groups is 1. The van der Waals surface area contributed by atoms with Crippen molar-refractivity contribution in [1.29, 1.82) is 0 Å². The largest absolute Gasteiger partial charge is 0.396 e. The van der Waals surface area contributed by atoms with E-state index in [1.165, 1.54) is 0 Å². The lowest BCUT2D eigenvalue weighted by Crippen LogP contribution is -2.02. The standard InChI is InChI=1S/C10H13BrClNO/c11-8-3-4-10(9(12)7-8)13-5-1-2-6-14/h3-4,7,13-14H,1-2,5-6H2. The normalized spacial score (nSPS) is 10.2. The van der Waals surface area contributed by atoms with E-state index in [0.29, 0.717) is 5.02 Å². The fourth-order valence-electron chi connectivity index (χ4n) is 1.09. The Morgan fingerprint density at radius 1 is 1.36 bits per heavy atom. The van der Waals surface area contributed by atoms with E-state index in [9.17, 15) is 0 Å². The van der Waals surface area contributed by atoms with Gasteiger partial charge in [-0.25, -0.2) is 0 Å². The molecule has 14 heavy (non-hydrogen) atoms. The summed E-state index contributed by atoms with van der Waals surface area (Å²) >= 11 is 9.34. The van der Waals surface area contributed by atoms with Gasteiger partial charge in [0.05, 0.1) is 10.7 Å². The van der Waals surface area contributed by atoms with Crippen LogP contribution in [0.15, 0.2) is 22.7 Å². The topological polar surface area (TPSA) is 32.3 Å². The third kappa shape index (κ3) is 3.86. The lowest BCUT2D eigenvalue weighted by molar-refractivity contribution is 0.286. The van der Waals surface area contributed by atoms with Gasteiger partial charge in [0.1, 0.15) is 0 Å². The van der Waals surface area contributed by atoms with Gasteiger partial charge in [-0.1, -0.05) is 27.5 Å². The molecule has 0 aliphatic heterocycles. The van der Waals surface area contributed by atoms with E-state index in [-0.39, 0.29) is 6.61 Å². The minimum Gasteiger partial charge on any atom is -0.396 e. The summed E-state index contributed by atoms with van der Waals surface area (Å²) in [4.78, 5) is 0. The number of rotatable bonds is 5. The average molecular weight is 279 g/mol. The molecule has 0 bridgehead atoms. The summed E-state index contributed by atoms with van der Waals surface area (Å²) < 4.78 is 0.975. The van der Waals surface area contributed by atoms with Gasteiger partial charge >= 0.3 is 0 Å². The molecule has 1 aromatic carbocycles. The number of hydrogen-bond acceptors (Lipinski definition) is 2. The molecule has 1 aromatic rings. The van der Waals surface area contributed by atoms with Crippen molar-refractivity contribution in [2.75, 3.05) is 18.5 Å². The molecule has 0 saturated carbocycles. The van der Waals surface area contributed by atoms with Crippen molar-refractivity contribution >= 4 is 33.2 Å². The van der Waals surface area contributed by atoms with Crippen molar-refractivity contribution in [3.63, 3.8) is 0 Å². The summed E-state index contributed by atoms with van der Waals surface area (Å²) in [5.74, 6) is 0.